The molecule has 0 aliphatic carbocycles. The number of carbonyl (C=O) groups excluding carboxylic acids is 1. The molecule has 8 nitrogen and oxygen atoms in total. The lowest BCUT2D eigenvalue weighted by Crippen LogP contribution is -2.49. The monoisotopic (exact) mass is 424 g/mol. The number of aliphatic hydroxyl groups is 1. The van der Waals surface area contributed by atoms with E-state index in [2.05, 4.69) is 32.4 Å². The van der Waals surface area contributed by atoms with Crippen LogP contribution in [0, 0.1) is 12.7 Å². The number of benzene rings is 1. The van der Waals surface area contributed by atoms with Crippen LogP contribution in [-0.4, -0.2) is 68.1 Å². The van der Waals surface area contributed by atoms with Gasteiger partial charge in [0.2, 0.25) is 0 Å². The number of β-amino-alcohol motifs (C(OH)–C–C–N with tert-alkyl or cyclic N) is 1. The van der Waals surface area contributed by atoms with Crippen LogP contribution < -0.4 is 5.32 Å². The molecule has 0 saturated carbocycles. The van der Waals surface area contributed by atoms with Crippen LogP contribution in [0.2, 0.25) is 0 Å². The maximum atomic E-state index is 13.8. The maximum absolute atomic E-state index is 13.8. The second-order valence-corrected chi connectivity index (χ2v) is 7.79. The van der Waals surface area contributed by atoms with Gasteiger partial charge in [0.15, 0.2) is 6.29 Å². The molecule has 31 heavy (non-hydrogen) atoms. The Bertz CT molecular complexity index is 1090. The van der Waals surface area contributed by atoms with Crippen LogP contribution in [0.4, 0.5) is 10.1 Å². The average Bonchev–Trinajstić information content (AvgIpc) is 3.25. The minimum atomic E-state index is -0.563. The Morgan fingerprint density at radius 3 is 2.90 bits per heavy atom. The molecule has 4 rings (SSSR count). The number of aryl methyl sites for hydroxylation is 1. The maximum Gasteiger partial charge on any atom is 0.153 e. The minimum Gasteiger partial charge on any atom is -0.390 e. The van der Waals surface area contributed by atoms with Crippen molar-refractivity contribution in [3.8, 4) is 16.9 Å². The fourth-order valence-electron chi connectivity index (χ4n) is 3.85. The molecule has 1 aliphatic rings. The van der Waals surface area contributed by atoms with Crippen LogP contribution in [0.25, 0.3) is 16.9 Å². The smallest absolute Gasteiger partial charge is 0.153 e. The lowest BCUT2D eigenvalue weighted by atomic mass is 10.0. The number of carbonyl (C=O) groups is 1. The molecule has 2 unspecified atom stereocenters. The van der Waals surface area contributed by atoms with Crippen LogP contribution in [0.1, 0.15) is 29.3 Å². The summed E-state index contributed by atoms with van der Waals surface area (Å²) in [6, 6.07) is 4.63. The van der Waals surface area contributed by atoms with E-state index in [1.165, 1.54) is 16.8 Å². The third-order valence-electron chi connectivity index (χ3n) is 5.68. The number of likely N-dealkylation sites (tertiary alicyclic amines) is 1. The predicted molar refractivity (Wildman–Crippen MR) is 115 cm³/mol. The van der Waals surface area contributed by atoms with Gasteiger partial charge in [0.25, 0.3) is 0 Å². The number of rotatable bonds is 6. The second kappa shape index (κ2) is 8.91. The molecule has 3 aromatic rings. The second-order valence-electron chi connectivity index (χ2n) is 7.79. The van der Waals surface area contributed by atoms with Crippen molar-refractivity contribution >= 4 is 12.0 Å². The van der Waals surface area contributed by atoms with Crippen molar-refractivity contribution < 1.29 is 14.3 Å². The van der Waals surface area contributed by atoms with E-state index < -0.39 is 11.9 Å². The molecule has 1 saturated heterocycles. The Morgan fingerprint density at radius 2 is 2.16 bits per heavy atom. The summed E-state index contributed by atoms with van der Waals surface area (Å²) in [5, 5.41) is 22.2. The van der Waals surface area contributed by atoms with Gasteiger partial charge in [-0.05, 0) is 43.7 Å². The van der Waals surface area contributed by atoms with Crippen LogP contribution >= 0.6 is 0 Å². The number of nitrogens with one attached hydrogen (secondary N) is 1. The van der Waals surface area contributed by atoms with Crippen LogP contribution in [-0.2, 0) is 0 Å². The van der Waals surface area contributed by atoms with E-state index in [1.807, 2.05) is 6.07 Å². The first kappa shape index (κ1) is 21.1. The number of hydrogen-bond acceptors (Lipinski definition) is 7. The van der Waals surface area contributed by atoms with E-state index in [-0.39, 0.29) is 11.6 Å². The van der Waals surface area contributed by atoms with Gasteiger partial charge in [-0.15, -0.1) is 5.10 Å². The molecule has 0 radical (unpaired) electrons. The van der Waals surface area contributed by atoms with Crippen LogP contribution in [0.3, 0.4) is 0 Å². The van der Waals surface area contributed by atoms with Crippen molar-refractivity contribution in [2.75, 3.05) is 25.0 Å². The van der Waals surface area contributed by atoms with Crippen molar-refractivity contribution in [2.45, 2.75) is 32.4 Å². The molecule has 1 aromatic carbocycles. The number of piperidine rings is 1. The Kier molecular flexibility index (Phi) is 6.06. The van der Waals surface area contributed by atoms with Gasteiger partial charge in [-0.3, -0.25) is 9.78 Å². The number of aromatic nitrogens is 4. The zero-order valence-corrected chi connectivity index (χ0v) is 17.5. The molecule has 3 heterocycles. The fraction of sp³-hybridized carbons (Fsp3) is 0.364. The Labute approximate surface area is 179 Å². The number of pyridine rings is 1. The van der Waals surface area contributed by atoms with E-state index in [9.17, 15) is 14.3 Å². The van der Waals surface area contributed by atoms with Gasteiger partial charge < -0.3 is 15.3 Å². The number of anilines is 1. The number of hydrogen-bond donors (Lipinski definition) is 2. The lowest BCUT2D eigenvalue weighted by Gasteiger charge is -2.36. The summed E-state index contributed by atoms with van der Waals surface area (Å²) >= 11 is 0. The Balaban J connectivity index is 1.54. The van der Waals surface area contributed by atoms with Crippen LogP contribution in [0.15, 0.2) is 36.8 Å². The Hall–Kier alpha value is -3.17. The fourth-order valence-corrected chi connectivity index (χ4v) is 3.85. The first-order chi connectivity index (χ1) is 15.0. The molecule has 0 spiro atoms. The zero-order chi connectivity index (χ0) is 22.0. The highest BCUT2D eigenvalue weighted by Gasteiger charge is 2.26. The average molecular weight is 424 g/mol. The summed E-state index contributed by atoms with van der Waals surface area (Å²) in [6.07, 6.45) is 5.99. The van der Waals surface area contributed by atoms with Crippen molar-refractivity contribution in [1.82, 2.24) is 24.9 Å². The molecule has 0 amide bonds. The molecule has 1 fully saturated rings. The molecule has 9 heteroatoms. The zero-order valence-electron chi connectivity index (χ0n) is 17.5. The van der Waals surface area contributed by atoms with Gasteiger partial charge >= 0.3 is 0 Å². The highest BCUT2D eigenvalue weighted by atomic mass is 19.1. The third kappa shape index (κ3) is 4.47. The SMILES string of the molecule is CCN1CCC(Nc2cncc(-c3cn(-c4cc(C=O)c(F)cc4C)nn3)c2)C(O)C1. The molecule has 162 valence electrons. The van der Waals surface area contributed by atoms with E-state index in [1.54, 1.807) is 25.5 Å². The molecule has 2 N–H and O–H groups in total. The molecule has 2 atom stereocenters. The summed E-state index contributed by atoms with van der Waals surface area (Å²) < 4.78 is 15.3. The van der Waals surface area contributed by atoms with Crippen molar-refractivity contribution in [1.29, 1.82) is 0 Å². The number of likely N-dealkylation sites (N-methyl/N-ethyl adjacent to an activating group) is 1. The van der Waals surface area contributed by atoms with Gasteiger partial charge in [-0.2, -0.15) is 0 Å². The number of nitrogens with zero attached hydrogens (tertiary/aromatic N) is 5. The van der Waals surface area contributed by atoms with E-state index in [0.29, 0.717) is 29.8 Å². The van der Waals surface area contributed by atoms with E-state index >= 15 is 0 Å². The van der Waals surface area contributed by atoms with Crippen molar-refractivity contribution in [3.05, 3.63) is 53.7 Å². The predicted octanol–water partition coefficient (Wildman–Crippen LogP) is 2.46. The standard InChI is InChI=1S/C22H25FN6O2/c1-3-28-5-4-19(22(31)12-28)25-17-7-15(9-24-10-17)20-11-29(27-26-20)21-8-16(13-30)18(23)6-14(21)2/h6-11,13,19,22,25,31H,3-5,12H2,1-2H3. The molecular formula is C22H25FN6O2. The topological polar surface area (TPSA) is 96.2 Å². The van der Waals surface area contributed by atoms with E-state index in [0.717, 1.165) is 30.8 Å². The normalized spacial score (nSPS) is 19.4. The highest BCUT2D eigenvalue weighted by molar-refractivity contribution is 5.77. The van der Waals surface area contributed by atoms with Gasteiger partial charge in [0.05, 0.1) is 35.3 Å². The number of aldehydes is 1. The van der Waals surface area contributed by atoms with E-state index in [4.69, 9.17) is 0 Å². The van der Waals surface area contributed by atoms with Crippen molar-refractivity contribution in [3.63, 3.8) is 0 Å². The third-order valence-corrected chi connectivity index (χ3v) is 5.68. The summed E-state index contributed by atoms with van der Waals surface area (Å²) in [7, 11) is 0. The highest BCUT2D eigenvalue weighted by Crippen LogP contribution is 2.24. The number of aliphatic hydroxyl groups excluding tert-OH is 1. The first-order valence-corrected chi connectivity index (χ1v) is 10.3. The van der Waals surface area contributed by atoms with Gasteiger partial charge in [0.1, 0.15) is 11.5 Å². The van der Waals surface area contributed by atoms with Gasteiger partial charge in [0, 0.05) is 31.0 Å². The van der Waals surface area contributed by atoms with Crippen LogP contribution in [0.5, 0.6) is 0 Å². The minimum absolute atomic E-state index is 0.0295. The summed E-state index contributed by atoms with van der Waals surface area (Å²) in [5.74, 6) is -0.563. The van der Waals surface area contributed by atoms with Crippen molar-refractivity contribution in [2.24, 2.45) is 0 Å². The summed E-state index contributed by atoms with van der Waals surface area (Å²) in [5.41, 5.74) is 3.33. The molecule has 2 aromatic heterocycles. The van der Waals surface area contributed by atoms with Gasteiger partial charge in [-0.1, -0.05) is 12.1 Å². The van der Waals surface area contributed by atoms with Gasteiger partial charge in [-0.25, -0.2) is 9.07 Å². The summed E-state index contributed by atoms with van der Waals surface area (Å²) in [4.78, 5) is 17.6. The summed E-state index contributed by atoms with van der Waals surface area (Å²) in [6.45, 7) is 6.35. The molecule has 1 aliphatic heterocycles. The molecule has 0 bridgehead atoms. The first-order valence-electron chi connectivity index (χ1n) is 10.3. The quantitative estimate of drug-likeness (QED) is 0.587. The largest absolute Gasteiger partial charge is 0.390 e. The Morgan fingerprint density at radius 1 is 1.32 bits per heavy atom. The number of halogens is 1. The lowest BCUT2D eigenvalue weighted by molar-refractivity contribution is 0.0627. The molecular weight excluding hydrogens is 399 g/mol.